The van der Waals surface area contributed by atoms with Crippen LogP contribution in [0.15, 0.2) is 0 Å². The molecule has 3 nitrogen and oxygen atoms in total. The van der Waals surface area contributed by atoms with Gasteiger partial charge in [0.2, 0.25) is 0 Å². The Morgan fingerprint density at radius 3 is 2.64 bits per heavy atom. The predicted molar refractivity (Wildman–Crippen MR) is 45.8 cm³/mol. The maximum absolute atomic E-state index is 5.36. The molecule has 11 heavy (non-hydrogen) atoms. The second-order valence-electron chi connectivity index (χ2n) is 3.30. The number of piperidine rings is 1. The molecule has 0 aromatic heterocycles. The molecule has 0 unspecified atom stereocenters. The van der Waals surface area contributed by atoms with E-state index in [1.54, 1.807) is 7.11 Å². The summed E-state index contributed by atoms with van der Waals surface area (Å²) in [6.07, 6.45) is 1.55. The summed E-state index contributed by atoms with van der Waals surface area (Å²) in [5.74, 6) is 0. The number of nitrogens with zero attached hydrogens (tertiary/aromatic N) is 1. The van der Waals surface area contributed by atoms with Crippen molar-refractivity contribution in [2.24, 2.45) is 0 Å². The first-order valence-electron chi connectivity index (χ1n) is 4.15. The molecule has 0 aliphatic carbocycles. The molecular formula is C8H18N2O. The molecule has 1 N–H and O–H groups in total. The molecule has 3 heteroatoms. The van der Waals surface area contributed by atoms with Crippen molar-refractivity contribution in [2.45, 2.75) is 18.6 Å². The van der Waals surface area contributed by atoms with Crippen LogP contribution >= 0.6 is 0 Å². The molecule has 0 saturated carbocycles. The molecule has 0 radical (unpaired) electrons. The van der Waals surface area contributed by atoms with Crippen LogP contribution in [0.5, 0.6) is 0 Å². The van der Waals surface area contributed by atoms with E-state index >= 15 is 0 Å². The van der Waals surface area contributed by atoms with Gasteiger partial charge in [-0.1, -0.05) is 0 Å². The molecule has 1 saturated heterocycles. The molecule has 0 amide bonds. The topological polar surface area (TPSA) is 24.5 Å². The highest BCUT2D eigenvalue weighted by Crippen LogP contribution is 2.11. The molecule has 66 valence electrons. The largest absolute Gasteiger partial charge is 0.379 e. The summed E-state index contributed by atoms with van der Waals surface area (Å²) in [6.45, 7) is 2.10. The number of hydrogen-bond acceptors (Lipinski definition) is 3. The Bertz CT molecular complexity index is 117. The number of likely N-dealkylation sites (N-methyl/N-ethyl adjacent to an activating group) is 1. The van der Waals surface area contributed by atoms with Gasteiger partial charge in [0.15, 0.2) is 0 Å². The van der Waals surface area contributed by atoms with Crippen molar-refractivity contribution in [3.05, 3.63) is 0 Å². The van der Waals surface area contributed by atoms with Crippen LogP contribution in [-0.2, 0) is 4.74 Å². The number of nitrogens with one attached hydrogen (secondary N) is 1. The van der Waals surface area contributed by atoms with Gasteiger partial charge in [0.05, 0.1) is 6.10 Å². The molecule has 0 spiro atoms. The van der Waals surface area contributed by atoms with E-state index in [4.69, 9.17) is 4.74 Å². The standard InChI is InChI=1S/C8H18N2O/c1-10(2)7-4-5-9-6-8(7)11-3/h7-9H,4-6H2,1-3H3/t7-,8+/m0/s1. The Hall–Kier alpha value is -0.120. The second-order valence-corrected chi connectivity index (χ2v) is 3.30. The summed E-state index contributed by atoms with van der Waals surface area (Å²) in [6, 6.07) is 0.584. The van der Waals surface area contributed by atoms with Crippen molar-refractivity contribution in [1.29, 1.82) is 0 Å². The normalized spacial score (nSPS) is 32.7. The fraction of sp³-hybridized carbons (Fsp3) is 1.00. The highest BCUT2D eigenvalue weighted by Gasteiger charge is 2.25. The van der Waals surface area contributed by atoms with Gasteiger partial charge in [-0.25, -0.2) is 0 Å². The van der Waals surface area contributed by atoms with Crippen molar-refractivity contribution in [3.8, 4) is 0 Å². The fourth-order valence-corrected chi connectivity index (χ4v) is 1.65. The first-order valence-corrected chi connectivity index (χ1v) is 4.15. The van der Waals surface area contributed by atoms with Crippen molar-refractivity contribution >= 4 is 0 Å². The lowest BCUT2D eigenvalue weighted by Gasteiger charge is -2.35. The smallest absolute Gasteiger partial charge is 0.0850 e. The predicted octanol–water partition coefficient (Wildman–Crippen LogP) is -0.0751. The lowest BCUT2D eigenvalue weighted by molar-refractivity contribution is 0.0157. The van der Waals surface area contributed by atoms with Gasteiger partial charge in [-0.05, 0) is 27.1 Å². The minimum Gasteiger partial charge on any atom is -0.379 e. The van der Waals surface area contributed by atoms with E-state index in [1.165, 1.54) is 6.42 Å². The molecule has 1 rings (SSSR count). The van der Waals surface area contributed by atoms with Gasteiger partial charge in [-0.3, -0.25) is 0 Å². The Labute approximate surface area is 68.7 Å². The Kier molecular flexibility index (Phi) is 3.30. The number of ether oxygens (including phenoxy) is 1. The Morgan fingerprint density at radius 1 is 1.45 bits per heavy atom. The van der Waals surface area contributed by atoms with Gasteiger partial charge < -0.3 is 15.0 Å². The SMILES string of the molecule is CO[C@@H]1CNCC[C@@H]1N(C)C. The van der Waals surface area contributed by atoms with Gasteiger partial charge in [0.1, 0.15) is 0 Å². The van der Waals surface area contributed by atoms with Gasteiger partial charge >= 0.3 is 0 Å². The Morgan fingerprint density at radius 2 is 2.18 bits per heavy atom. The van der Waals surface area contributed by atoms with Crippen LogP contribution in [0.3, 0.4) is 0 Å². The first kappa shape index (κ1) is 8.97. The summed E-state index contributed by atoms with van der Waals surface area (Å²) in [5.41, 5.74) is 0. The van der Waals surface area contributed by atoms with E-state index in [2.05, 4.69) is 24.3 Å². The van der Waals surface area contributed by atoms with Crippen LogP contribution in [0.2, 0.25) is 0 Å². The average molecular weight is 158 g/mol. The zero-order chi connectivity index (χ0) is 8.27. The maximum atomic E-state index is 5.36. The molecule has 1 fully saturated rings. The minimum absolute atomic E-state index is 0.360. The average Bonchev–Trinajstić information content (AvgIpc) is 2.04. The number of rotatable bonds is 2. The van der Waals surface area contributed by atoms with E-state index < -0.39 is 0 Å². The van der Waals surface area contributed by atoms with Crippen LogP contribution in [0.1, 0.15) is 6.42 Å². The quantitative estimate of drug-likeness (QED) is 0.608. The second kappa shape index (κ2) is 4.04. The molecular weight excluding hydrogens is 140 g/mol. The van der Waals surface area contributed by atoms with Crippen LogP contribution in [0.25, 0.3) is 0 Å². The third kappa shape index (κ3) is 2.15. The third-order valence-electron chi connectivity index (χ3n) is 2.36. The summed E-state index contributed by atoms with van der Waals surface area (Å²) >= 11 is 0. The van der Waals surface area contributed by atoms with E-state index in [9.17, 15) is 0 Å². The molecule has 0 aromatic carbocycles. The fourth-order valence-electron chi connectivity index (χ4n) is 1.65. The van der Waals surface area contributed by atoms with Crippen LogP contribution in [-0.4, -0.2) is 51.3 Å². The molecule has 2 atom stereocenters. The number of hydrogen-bond donors (Lipinski definition) is 1. The Balaban J connectivity index is 2.44. The van der Waals surface area contributed by atoms with Crippen molar-refractivity contribution in [1.82, 2.24) is 10.2 Å². The molecule has 0 aromatic rings. The minimum atomic E-state index is 0.360. The number of methoxy groups -OCH3 is 1. The summed E-state index contributed by atoms with van der Waals surface area (Å²) in [4.78, 5) is 2.25. The van der Waals surface area contributed by atoms with E-state index in [-0.39, 0.29) is 0 Å². The maximum Gasteiger partial charge on any atom is 0.0850 e. The molecule has 0 bridgehead atoms. The molecule has 1 aliphatic rings. The van der Waals surface area contributed by atoms with Crippen LogP contribution < -0.4 is 5.32 Å². The molecule has 1 heterocycles. The lowest BCUT2D eigenvalue weighted by atomic mass is 10.0. The first-order chi connectivity index (χ1) is 5.25. The van der Waals surface area contributed by atoms with Crippen molar-refractivity contribution in [3.63, 3.8) is 0 Å². The van der Waals surface area contributed by atoms with E-state index in [0.717, 1.165) is 13.1 Å². The zero-order valence-corrected chi connectivity index (χ0v) is 7.63. The highest BCUT2D eigenvalue weighted by atomic mass is 16.5. The highest BCUT2D eigenvalue weighted by molar-refractivity contribution is 4.83. The lowest BCUT2D eigenvalue weighted by Crippen LogP contribution is -2.51. The van der Waals surface area contributed by atoms with Gasteiger partial charge in [-0.2, -0.15) is 0 Å². The van der Waals surface area contributed by atoms with Crippen molar-refractivity contribution < 1.29 is 4.74 Å². The molecule has 1 aliphatic heterocycles. The summed E-state index contributed by atoms with van der Waals surface area (Å²) in [7, 11) is 6.01. The summed E-state index contributed by atoms with van der Waals surface area (Å²) in [5, 5.41) is 3.32. The van der Waals surface area contributed by atoms with Gasteiger partial charge in [0.25, 0.3) is 0 Å². The third-order valence-corrected chi connectivity index (χ3v) is 2.36. The van der Waals surface area contributed by atoms with E-state index in [1.807, 2.05) is 0 Å². The summed E-state index contributed by atoms with van der Waals surface area (Å²) < 4.78 is 5.36. The van der Waals surface area contributed by atoms with Gasteiger partial charge in [-0.15, -0.1) is 0 Å². The van der Waals surface area contributed by atoms with E-state index in [0.29, 0.717) is 12.1 Å². The van der Waals surface area contributed by atoms with Gasteiger partial charge in [0, 0.05) is 19.7 Å². The zero-order valence-electron chi connectivity index (χ0n) is 7.63. The van der Waals surface area contributed by atoms with Crippen LogP contribution in [0.4, 0.5) is 0 Å². The monoisotopic (exact) mass is 158 g/mol. The van der Waals surface area contributed by atoms with Crippen molar-refractivity contribution in [2.75, 3.05) is 34.3 Å². The van der Waals surface area contributed by atoms with Crippen LogP contribution in [0, 0.1) is 0 Å².